The Kier molecular flexibility index (Phi) is 2.61. The second-order valence-corrected chi connectivity index (χ2v) is 3.08. The molecule has 4 nitrogen and oxygen atoms in total. The molecule has 1 aromatic heterocycles. The van der Waals surface area contributed by atoms with Gasteiger partial charge in [0.2, 0.25) is 0 Å². The van der Waals surface area contributed by atoms with Crippen molar-refractivity contribution in [2.45, 2.75) is 24.6 Å². The first kappa shape index (κ1) is 11.4. The van der Waals surface area contributed by atoms with Crippen molar-refractivity contribution < 1.29 is 17.7 Å². The van der Waals surface area contributed by atoms with Crippen LogP contribution in [0, 0.1) is 0 Å². The molecule has 8 heteroatoms. The quantitative estimate of drug-likeness (QED) is 0.845. The summed E-state index contributed by atoms with van der Waals surface area (Å²) in [6, 6.07) is 0. The molecule has 1 saturated carbocycles. The third-order valence-corrected chi connectivity index (χ3v) is 1.90. The minimum absolute atomic E-state index is 0. The van der Waals surface area contributed by atoms with Crippen molar-refractivity contribution in [3.8, 4) is 0 Å². The van der Waals surface area contributed by atoms with Crippen LogP contribution in [-0.4, -0.2) is 10.1 Å². The van der Waals surface area contributed by atoms with Gasteiger partial charge in [0.15, 0.2) is 5.82 Å². The summed E-state index contributed by atoms with van der Waals surface area (Å²) in [7, 11) is 0. The molecular formula is C6H7BrF3N3O. The van der Waals surface area contributed by atoms with E-state index in [2.05, 4.69) is 14.7 Å². The van der Waals surface area contributed by atoms with Gasteiger partial charge in [0.25, 0.3) is 0 Å². The molecule has 1 fully saturated rings. The van der Waals surface area contributed by atoms with Gasteiger partial charge in [-0.15, -0.1) is 17.0 Å². The average molecular weight is 274 g/mol. The molecular weight excluding hydrogens is 267 g/mol. The Morgan fingerprint density at radius 1 is 1.36 bits per heavy atom. The minimum atomic E-state index is -4.59. The number of alkyl halides is 3. The van der Waals surface area contributed by atoms with Crippen molar-refractivity contribution in [1.82, 2.24) is 10.1 Å². The molecule has 0 bridgehead atoms. The number of nitrogens with two attached hydrogens (primary N) is 1. The van der Waals surface area contributed by atoms with Crippen LogP contribution in [0.15, 0.2) is 4.52 Å². The summed E-state index contributed by atoms with van der Waals surface area (Å²) < 4.78 is 39.9. The molecule has 0 unspecified atom stereocenters. The highest BCUT2D eigenvalue weighted by molar-refractivity contribution is 8.93. The molecule has 1 aromatic rings. The first-order valence-electron chi connectivity index (χ1n) is 3.62. The monoisotopic (exact) mass is 273 g/mol. The van der Waals surface area contributed by atoms with E-state index in [4.69, 9.17) is 5.73 Å². The highest BCUT2D eigenvalue weighted by Gasteiger charge is 2.47. The SMILES string of the molecule is Br.NC1(c2noc(C(F)(F)F)n2)CC1. The van der Waals surface area contributed by atoms with Crippen LogP contribution in [0.2, 0.25) is 0 Å². The smallest absolute Gasteiger partial charge is 0.329 e. The third kappa shape index (κ3) is 1.90. The summed E-state index contributed by atoms with van der Waals surface area (Å²) in [5, 5.41) is 3.19. The molecule has 0 aliphatic heterocycles. The van der Waals surface area contributed by atoms with Gasteiger partial charge in [-0.25, -0.2) is 0 Å². The molecule has 1 heterocycles. The van der Waals surface area contributed by atoms with E-state index in [0.717, 1.165) is 0 Å². The molecule has 80 valence electrons. The van der Waals surface area contributed by atoms with Crippen molar-refractivity contribution in [2.75, 3.05) is 0 Å². The summed E-state index contributed by atoms with van der Waals surface area (Å²) in [6.07, 6.45) is -3.38. The van der Waals surface area contributed by atoms with Gasteiger partial charge in [0.1, 0.15) is 0 Å². The number of halogens is 4. The van der Waals surface area contributed by atoms with Crippen molar-refractivity contribution in [3.05, 3.63) is 11.7 Å². The molecule has 0 radical (unpaired) electrons. The van der Waals surface area contributed by atoms with Crippen molar-refractivity contribution >= 4 is 17.0 Å². The zero-order valence-corrected chi connectivity index (χ0v) is 8.55. The number of rotatable bonds is 1. The summed E-state index contributed by atoms with van der Waals surface area (Å²) in [4.78, 5) is 3.19. The standard InChI is InChI=1S/C6H6F3N3O.BrH/c7-6(8,9)4-11-3(12-13-4)5(10)1-2-5;/h1-2,10H2;1H. The molecule has 0 saturated heterocycles. The topological polar surface area (TPSA) is 64.9 Å². The molecule has 2 rings (SSSR count). The maximum absolute atomic E-state index is 12.0. The van der Waals surface area contributed by atoms with Gasteiger partial charge in [0, 0.05) is 0 Å². The Balaban J connectivity index is 0.000000980. The number of aromatic nitrogens is 2. The van der Waals surface area contributed by atoms with E-state index in [0.29, 0.717) is 12.8 Å². The van der Waals surface area contributed by atoms with Gasteiger partial charge >= 0.3 is 12.1 Å². The first-order valence-corrected chi connectivity index (χ1v) is 3.62. The lowest BCUT2D eigenvalue weighted by atomic mass is 10.3. The van der Waals surface area contributed by atoms with Crippen LogP contribution in [0.5, 0.6) is 0 Å². The van der Waals surface area contributed by atoms with E-state index in [1.807, 2.05) is 0 Å². The fourth-order valence-electron chi connectivity index (χ4n) is 0.899. The summed E-state index contributed by atoms with van der Waals surface area (Å²) >= 11 is 0. The van der Waals surface area contributed by atoms with E-state index < -0.39 is 17.6 Å². The van der Waals surface area contributed by atoms with Gasteiger partial charge in [-0.05, 0) is 12.8 Å². The van der Waals surface area contributed by atoms with Crippen molar-refractivity contribution in [2.24, 2.45) is 5.73 Å². The molecule has 0 aromatic carbocycles. The number of nitrogens with zero attached hydrogens (tertiary/aromatic N) is 2. The number of hydrogen-bond donors (Lipinski definition) is 1. The van der Waals surface area contributed by atoms with Crippen LogP contribution in [0.1, 0.15) is 24.6 Å². The van der Waals surface area contributed by atoms with Crippen LogP contribution < -0.4 is 5.73 Å². The zero-order valence-electron chi connectivity index (χ0n) is 6.84. The highest BCUT2D eigenvalue weighted by Crippen LogP contribution is 2.41. The van der Waals surface area contributed by atoms with Crippen LogP contribution in [-0.2, 0) is 11.7 Å². The predicted molar refractivity (Wildman–Crippen MR) is 44.7 cm³/mol. The van der Waals surface area contributed by atoms with Crippen LogP contribution in [0.3, 0.4) is 0 Å². The van der Waals surface area contributed by atoms with Gasteiger partial charge in [0.05, 0.1) is 5.54 Å². The predicted octanol–water partition coefficient (Wildman–Crippen LogP) is 1.61. The van der Waals surface area contributed by atoms with E-state index in [1.54, 1.807) is 0 Å². The lowest BCUT2D eigenvalue weighted by Gasteiger charge is -1.99. The molecule has 0 spiro atoms. The lowest BCUT2D eigenvalue weighted by Crippen LogP contribution is -2.20. The minimum Gasteiger partial charge on any atom is -0.329 e. The van der Waals surface area contributed by atoms with Gasteiger partial charge < -0.3 is 10.3 Å². The summed E-state index contributed by atoms with van der Waals surface area (Å²) in [5.41, 5.74) is 4.79. The Morgan fingerprint density at radius 3 is 2.29 bits per heavy atom. The molecule has 0 amide bonds. The molecule has 1 aliphatic rings. The highest BCUT2D eigenvalue weighted by atomic mass is 79.9. The van der Waals surface area contributed by atoms with E-state index in [1.165, 1.54) is 0 Å². The molecule has 1 aliphatic carbocycles. The van der Waals surface area contributed by atoms with E-state index >= 15 is 0 Å². The number of hydrogen-bond acceptors (Lipinski definition) is 4. The van der Waals surface area contributed by atoms with Crippen LogP contribution >= 0.6 is 17.0 Å². The normalized spacial score (nSPS) is 18.9. The summed E-state index contributed by atoms with van der Waals surface area (Å²) in [6.45, 7) is 0. The summed E-state index contributed by atoms with van der Waals surface area (Å²) in [5.74, 6) is -1.39. The largest absolute Gasteiger partial charge is 0.471 e. The third-order valence-electron chi connectivity index (χ3n) is 1.90. The second-order valence-electron chi connectivity index (χ2n) is 3.08. The van der Waals surface area contributed by atoms with E-state index in [-0.39, 0.29) is 22.8 Å². The fraction of sp³-hybridized carbons (Fsp3) is 0.667. The van der Waals surface area contributed by atoms with Crippen molar-refractivity contribution in [1.29, 1.82) is 0 Å². The Labute approximate surface area is 87.4 Å². The maximum Gasteiger partial charge on any atom is 0.471 e. The van der Waals surface area contributed by atoms with Crippen LogP contribution in [0.25, 0.3) is 0 Å². The molecule has 0 atom stereocenters. The van der Waals surface area contributed by atoms with Gasteiger partial charge in [-0.1, -0.05) is 5.16 Å². The van der Waals surface area contributed by atoms with Gasteiger partial charge in [-0.2, -0.15) is 18.2 Å². The second kappa shape index (κ2) is 3.20. The maximum atomic E-state index is 12.0. The first-order chi connectivity index (χ1) is 5.92. The zero-order chi connectivity index (χ0) is 9.69. The Bertz CT molecular complexity index is 314. The molecule has 2 N–H and O–H groups in total. The lowest BCUT2D eigenvalue weighted by molar-refractivity contribution is -0.159. The Hall–Kier alpha value is -0.630. The van der Waals surface area contributed by atoms with Crippen molar-refractivity contribution in [3.63, 3.8) is 0 Å². The molecule has 14 heavy (non-hydrogen) atoms. The van der Waals surface area contributed by atoms with Crippen LogP contribution in [0.4, 0.5) is 13.2 Å². The Morgan fingerprint density at radius 2 is 1.93 bits per heavy atom. The van der Waals surface area contributed by atoms with Gasteiger partial charge in [-0.3, -0.25) is 0 Å². The van der Waals surface area contributed by atoms with E-state index in [9.17, 15) is 13.2 Å². The fourth-order valence-corrected chi connectivity index (χ4v) is 0.899. The average Bonchev–Trinajstić information content (AvgIpc) is 2.60.